The van der Waals surface area contributed by atoms with Crippen LogP contribution in [0.25, 0.3) is 0 Å². The molecular weight excluding hydrogens is 503 g/mol. The van der Waals surface area contributed by atoms with E-state index >= 15 is 0 Å². The number of hydrogen-bond acceptors (Lipinski definition) is 7. The van der Waals surface area contributed by atoms with Gasteiger partial charge in [-0.2, -0.15) is 18.3 Å². The van der Waals surface area contributed by atoms with Crippen molar-refractivity contribution < 1.29 is 32.2 Å². The molecule has 0 radical (unpaired) electrons. The highest BCUT2D eigenvalue weighted by Gasteiger charge is 2.37. The molecule has 1 aromatic carbocycles. The van der Waals surface area contributed by atoms with Crippen LogP contribution in [0.2, 0.25) is 0 Å². The molecule has 2 amide bonds. The average Bonchev–Trinajstić information content (AvgIpc) is 3.11. The molecule has 1 aliphatic heterocycles. The molecule has 2 rings (SSSR count). The van der Waals surface area contributed by atoms with Crippen molar-refractivity contribution in [2.45, 2.75) is 33.4 Å². The van der Waals surface area contributed by atoms with E-state index in [1.165, 1.54) is 6.92 Å². The number of rotatable bonds is 11. The Kier molecular flexibility index (Phi) is 11.4. The van der Waals surface area contributed by atoms with Gasteiger partial charge in [-0.3, -0.25) is 14.6 Å². The molecule has 212 valence electrons. The molecule has 1 heterocycles. The van der Waals surface area contributed by atoms with Crippen molar-refractivity contribution in [2.75, 3.05) is 71.5 Å². The number of hydrogen-bond donors (Lipinski definition) is 1. The Labute approximate surface area is 222 Å². The number of aryl methyl sites for hydroxylation is 1. The van der Waals surface area contributed by atoms with Crippen molar-refractivity contribution in [3.05, 3.63) is 35.4 Å². The second-order valence-corrected chi connectivity index (χ2v) is 9.02. The van der Waals surface area contributed by atoms with Crippen LogP contribution in [0, 0.1) is 6.92 Å². The number of anilines is 1. The highest BCUT2D eigenvalue weighted by Crippen LogP contribution is 2.30. The Morgan fingerprint density at radius 3 is 2.47 bits per heavy atom. The standard InChI is InChI=1S/C26H38F3N5O4/c1-7-34(31-24(18(2)3)26(27,28)29)17-23(35)33-11-8-10-32(12-13-33)21-16-22(38-6)19(4)15-20(21)25(36)30-9-14-37-5/h15-16H,2,7-14,17H2,1,3-6H3,(H,30,36)/b31-24+. The van der Waals surface area contributed by atoms with E-state index in [4.69, 9.17) is 9.47 Å². The summed E-state index contributed by atoms with van der Waals surface area (Å²) in [4.78, 5) is 29.6. The van der Waals surface area contributed by atoms with E-state index in [0.29, 0.717) is 62.8 Å². The predicted octanol–water partition coefficient (Wildman–Crippen LogP) is 3.23. The molecule has 0 bridgehead atoms. The van der Waals surface area contributed by atoms with Crippen molar-refractivity contribution in [2.24, 2.45) is 5.10 Å². The van der Waals surface area contributed by atoms with Crippen molar-refractivity contribution >= 4 is 23.2 Å². The fraction of sp³-hybridized carbons (Fsp3) is 0.577. The number of ether oxygens (including phenoxy) is 2. The van der Waals surface area contributed by atoms with Crippen LogP contribution in [-0.4, -0.2) is 100 Å². The van der Waals surface area contributed by atoms with Gasteiger partial charge in [0.05, 0.1) is 25.0 Å². The van der Waals surface area contributed by atoms with Gasteiger partial charge < -0.3 is 24.6 Å². The van der Waals surface area contributed by atoms with Gasteiger partial charge in [0, 0.05) is 52.4 Å². The van der Waals surface area contributed by atoms with E-state index in [-0.39, 0.29) is 30.5 Å². The van der Waals surface area contributed by atoms with Crippen LogP contribution >= 0.6 is 0 Å². The Hall–Kier alpha value is -3.28. The van der Waals surface area contributed by atoms with E-state index in [0.717, 1.165) is 10.6 Å². The molecule has 0 spiro atoms. The Morgan fingerprint density at radius 1 is 1.18 bits per heavy atom. The molecule has 0 aliphatic carbocycles. The quantitative estimate of drug-likeness (QED) is 0.263. The Balaban J connectivity index is 2.20. The van der Waals surface area contributed by atoms with E-state index in [2.05, 4.69) is 17.0 Å². The molecule has 9 nitrogen and oxygen atoms in total. The largest absolute Gasteiger partial charge is 0.496 e. The smallest absolute Gasteiger partial charge is 0.435 e. The lowest BCUT2D eigenvalue weighted by Crippen LogP contribution is -2.41. The van der Waals surface area contributed by atoms with Gasteiger partial charge in [0.1, 0.15) is 12.3 Å². The highest BCUT2D eigenvalue weighted by atomic mass is 19.4. The van der Waals surface area contributed by atoms with E-state index in [9.17, 15) is 22.8 Å². The summed E-state index contributed by atoms with van der Waals surface area (Å²) in [6, 6.07) is 3.60. The number of hydrazone groups is 1. The number of likely N-dealkylation sites (N-methyl/N-ethyl adjacent to an activating group) is 1. The summed E-state index contributed by atoms with van der Waals surface area (Å²) in [6.07, 6.45) is -4.05. The molecule has 1 aromatic rings. The first-order valence-corrected chi connectivity index (χ1v) is 12.5. The molecule has 38 heavy (non-hydrogen) atoms. The second-order valence-electron chi connectivity index (χ2n) is 9.02. The van der Waals surface area contributed by atoms with Gasteiger partial charge in [-0.1, -0.05) is 6.58 Å². The maximum absolute atomic E-state index is 13.3. The summed E-state index contributed by atoms with van der Waals surface area (Å²) < 4.78 is 50.4. The highest BCUT2D eigenvalue weighted by molar-refractivity contribution is 6.03. The molecule has 0 saturated carbocycles. The minimum absolute atomic E-state index is 0.128. The molecule has 0 atom stereocenters. The fourth-order valence-corrected chi connectivity index (χ4v) is 4.11. The molecule has 0 aromatic heterocycles. The van der Waals surface area contributed by atoms with Crippen molar-refractivity contribution in [3.8, 4) is 5.75 Å². The fourth-order valence-electron chi connectivity index (χ4n) is 4.11. The Bertz CT molecular complexity index is 1030. The first-order valence-electron chi connectivity index (χ1n) is 12.5. The Morgan fingerprint density at radius 2 is 1.89 bits per heavy atom. The first kappa shape index (κ1) is 30.9. The zero-order chi connectivity index (χ0) is 28.5. The van der Waals surface area contributed by atoms with Crippen LogP contribution < -0.4 is 15.0 Å². The van der Waals surface area contributed by atoms with Crippen LogP contribution in [0.4, 0.5) is 18.9 Å². The third-order valence-electron chi connectivity index (χ3n) is 6.14. The lowest BCUT2D eigenvalue weighted by molar-refractivity contribution is -0.132. The van der Waals surface area contributed by atoms with Crippen molar-refractivity contribution in [1.29, 1.82) is 0 Å². The number of nitrogens with zero attached hydrogens (tertiary/aromatic N) is 4. The van der Waals surface area contributed by atoms with E-state index in [1.807, 2.05) is 17.9 Å². The minimum atomic E-state index is -4.66. The topological polar surface area (TPSA) is 86.7 Å². The van der Waals surface area contributed by atoms with E-state index < -0.39 is 11.9 Å². The second kappa shape index (κ2) is 14.0. The number of benzene rings is 1. The van der Waals surface area contributed by atoms with Gasteiger partial charge in [0.25, 0.3) is 5.91 Å². The zero-order valence-electron chi connectivity index (χ0n) is 22.8. The molecule has 1 N–H and O–H groups in total. The molecule has 1 saturated heterocycles. The molecule has 0 unspecified atom stereocenters. The number of nitrogens with one attached hydrogen (secondary N) is 1. The van der Waals surface area contributed by atoms with Gasteiger partial charge in [-0.05, 0) is 44.4 Å². The maximum Gasteiger partial charge on any atom is 0.435 e. The number of allylic oxidation sites excluding steroid dienone is 1. The number of carbonyl (C=O) groups excluding carboxylic acids is 2. The van der Waals surface area contributed by atoms with Crippen LogP contribution in [0.1, 0.15) is 36.2 Å². The number of carbonyl (C=O) groups is 2. The summed E-state index contributed by atoms with van der Waals surface area (Å²) in [5.74, 6) is 0.0779. The van der Waals surface area contributed by atoms with Crippen molar-refractivity contribution in [3.63, 3.8) is 0 Å². The zero-order valence-corrected chi connectivity index (χ0v) is 22.8. The van der Waals surface area contributed by atoms with Crippen LogP contribution in [-0.2, 0) is 9.53 Å². The molecular formula is C26H38F3N5O4. The third-order valence-corrected chi connectivity index (χ3v) is 6.14. The SMILES string of the molecule is C=C(C)/C(=N\N(CC)CC(=O)N1CCCN(c2cc(OC)c(C)cc2C(=O)NCCOC)CC1)C(F)(F)F. The van der Waals surface area contributed by atoms with Crippen LogP contribution in [0.3, 0.4) is 0 Å². The predicted molar refractivity (Wildman–Crippen MR) is 141 cm³/mol. The lowest BCUT2D eigenvalue weighted by Gasteiger charge is -2.27. The van der Waals surface area contributed by atoms with Gasteiger partial charge in [0.15, 0.2) is 5.71 Å². The third kappa shape index (κ3) is 8.37. The van der Waals surface area contributed by atoms with Gasteiger partial charge in [0.2, 0.25) is 5.91 Å². The summed E-state index contributed by atoms with van der Waals surface area (Å²) in [5.41, 5.74) is 0.675. The molecule has 1 fully saturated rings. The van der Waals surface area contributed by atoms with Gasteiger partial charge >= 0.3 is 6.18 Å². The first-order chi connectivity index (χ1) is 17.9. The normalized spacial score (nSPS) is 14.7. The maximum atomic E-state index is 13.3. The summed E-state index contributed by atoms with van der Waals surface area (Å²) in [6.45, 7) is 10.5. The number of halogens is 3. The summed E-state index contributed by atoms with van der Waals surface area (Å²) in [5, 5.41) is 7.63. The van der Waals surface area contributed by atoms with Gasteiger partial charge in [-0.25, -0.2) is 0 Å². The van der Waals surface area contributed by atoms with E-state index in [1.54, 1.807) is 32.1 Å². The van der Waals surface area contributed by atoms with Gasteiger partial charge in [-0.15, -0.1) is 0 Å². The number of amides is 2. The monoisotopic (exact) mass is 541 g/mol. The molecule has 12 heteroatoms. The van der Waals surface area contributed by atoms with Crippen LogP contribution in [0.15, 0.2) is 29.4 Å². The number of methoxy groups -OCH3 is 2. The van der Waals surface area contributed by atoms with Crippen molar-refractivity contribution in [1.82, 2.24) is 15.2 Å². The van der Waals surface area contributed by atoms with Crippen LogP contribution in [0.5, 0.6) is 5.75 Å². The number of alkyl halides is 3. The summed E-state index contributed by atoms with van der Waals surface area (Å²) >= 11 is 0. The average molecular weight is 542 g/mol. The molecule has 1 aliphatic rings. The minimum Gasteiger partial charge on any atom is -0.496 e. The lowest BCUT2D eigenvalue weighted by atomic mass is 10.1. The summed E-state index contributed by atoms with van der Waals surface area (Å²) in [7, 11) is 3.12.